The van der Waals surface area contributed by atoms with Gasteiger partial charge in [0.15, 0.2) is 0 Å². The van der Waals surface area contributed by atoms with Gasteiger partial charge in [0.05, 0.1) is 12.2 Å². The lowest BCUT2D eigenvalue weighted by Gasteiger charge is -2.35. The Balaban J connectivity index is 1.59. The van der Waals surface area contributed by atoms with Crippen LogP contribution in [0.25, 0.3) is 11.1 Å². The number of nitrogens with one attached hydrogen (secondary N) is 1. The van der Waals surface area contributed by atoms with E-state index in [2.05, 4.69) is 9.88 Å². The largest absolute Gasteiger partial charge is 0.462 e. The molecule has 0 radical (unpaired) electrons. The number of carbonyl (C=O) groups is 3. The second-order valence-electron chi connectivity index (χ2n) is 8.05. The molecule has 4 rings (SSSR count). The molecule has 1 amide bonds. The number of aromatic amines is 1. The van der Waals surface area contributed by atoms with Gasteiger partial charge >= 0.3 is 5.97 Å². The fourth-order valence-electron chi connectivity index (χ4n) is 4.24. The summed E-state index contributed by atoms with van der Waals surface area (Å²) in [5, 5.41) is 0.652. The van der Waals surface area contributed by atoms with Gasteiger partial charge in [-0.3, -0.25) is 9.59 Å². The van der Waals surface area contributed by atoms with Gasteiger partial charge in [0, 0.05) is 48.1 Å². The van der Waals surface area contributed by atoms with Crippen LogP contribution in [-0.4, -0.2) is 60.3 Å². The number of esters is 1. The summed E-state index contributed by atoms with van der Waals surface area (Å²) in [5.74, 6) is -1.80. The number of amides is 1. The van der Waals surface area contributed by atoms with Crippen molar-refractivity contribution in [1.29, 1.82) is 0 Å². The summed E-state index contributed by atoms with van der Waals surface area (Å²) in [5.41, 5.74) is 2.91. The first kappa shape index (κ1) is 23.6. The molecule has 34 heavy (non-hydrogen) atoms. The number of anilines is 1. The lowest BCUT2D eigenvalue weighted by atomic mass is 9.98. The van der Waals surface area contributed by atoms with E-state index in [0.717, 1.165) is 5.69 Å². The van der Waals surface area contributed by atoms with Crippen molar-refractivity contribution < 1.29 is 19.1 Å². The molecule has 7 nitrogen and oxygen atoms in total. The molecule has 1 aromatic heterocycles. The summed E-state index contributed by atoms with van der Waals surface area (Å²) in [6, 6.07) is 16.6. The molecule has 3 aromatic rings. The number of piperazine rings is 1. The molecule has 2 aromatic carbocycles. The third-order valence-corrected chi connectivity index (χ3v) is 6.13. The van der Waals surface area contributed by atoms with Crippen molar-refractivity contribution in [3.05, 3.63) is 76.6 Å². The lowest BCUT2D eigenvalue weighted by molar-refractivity contribution is -0.126. The predicted molar refractivity (Wildman–Crippen MR) is 131 cm³/mol. The van der Waals surface area contributed by atoms with Crippen LogP contribution in [0.2, 0.25) is 5.02 Å². The number of H-pyrrole nitrogens is 1. The Hall–Kier alpha value is -3.58. The molecule has 1 aliphatic heterocycles. The Bertz CT molecular complexity index is 1210. The highest BCUT2D eigenvalue weighted by Gasteiger charge is 2.33. The van der Waals surface area contributed by atoms with Gasteiger partial charge in [-0.2, -0.15) is 0 Å². The van der Waals surface area contributed by atoms with Crippen molar-refractivity contribution >= 4 is 34.9 Å². The monoisotopic (exact) mass is 479 g/mol. The quantitative estimate of drug-likeness (QED) is 0.323. The highest BCUT2D eigenvalue weighted by atomic mass is 35.5. The summed E-state index contributed by atoms with van der Waals surface area (Å²) < 4.78 is 5.22. The topological polar surface area (TPSA) is 82.7 Å². The molecule has 0 spiro atoms. The molecule has 8 heteroatoms. The maximum atomic E-state index is 13.4. The third kappa shape index (κ3) is 4.70. The summed E-state index contributed by atoms with van der Waals surface area (Å²) >= 11 is 6.10. The number of aromatic nitrogens is 1. The van der Waals surface area contributed by atoms with Crippen molar-refractivity contribution in [1.82, 2.24) is 9.88 Å². The third-order valence-electron chi connectivity index (χ3n) is 5.89. The summed E-state index contributed by atoms with van der Waals surface area (Å²) in [6.45, 7) is 5.61. The van der Waals surface area contributed by atoms with Gasteiger partial charge in [-0.05, 0) is 37.6 Å². The molecule has 0 aliphatic carbocycles. The van der Waals surface area contributed by atoms with E-state index in [9.17, 15) is 14.4 Å². The molecule has 1 N–H and O–H groups in total. The fourth-order valence-corrected chi connectivity index (χ4v) is 4.42. The number of ketones is 1. The van der Waals surface area contributed by atoms with Crippen LogP contribution < -0.4 is 4.90 Å². The van der Waals surface area contributed by atoms with Crippen molar-refractivity contribution in [3.8, 4) is 11.1 Å². The number of nitrogens with zero attached hydrogens (tertiary/aromatic N) is 2. The first-order chi connectivity index (χ1) is 16.4. The van der Waals surface area contributed by atoms with Crippen molar-refractivity contribution in [3.63, 3.8) is 0 Å². The predicted octanol–water partition coefficient (Wildman–Crippen LogP) is 4.35. The summed E-state index contributed by atoms with van der Waals surface area (Å²) in [4.78, 5) is 45.9. The van der Waals surface area contributed by atoms with Crippen LogP contribution in [0.15, 0.2) is 54.6 Å². The number of aryl methyl sites for hydroxylation is 1. The summed E-state index contributed by atoms with van der Waals surface area (Å²) in [7, 11) is 0. The number of Topliss-reactive ketones (excluding diaryl/α,β-unsaturated/α-hetero) is 1. The normalized spacial score (nSPS) is 13.6. The second-order valence-corrected chi connectivity index (χ2v) is 8.49. The molecule has 176 valence electrons. The standard InChI is InChI=1S/C26H26ClN3O4/c1-3-34-26(33)21-17(2)28-23(22(21)18-8-5-4-6-9-18)24(31)25(32)30-14-12-29(13-15-30)20-11-7-10-19(27)16-20/h4-11,16,28H,3,12-15H2,1-2H3. The molecule has 1 aliphatic rings. The molecule has 0 atom stereocenters. The van der Waals surface area contributed by atoms with E-state index < -0.39 is 17.7 Å². The minimum atomic E-state index is -0.672. The number of halogens is 1. The Morgan fingerprint density at radius 3 is 2.35 bits per heavy atom. The number of carbonyl (C=O) groups excluding carboxylic acids is 3. The number of rotatable bonds is 6. The Labute approximate surface area is 203 Å². The van der Waals surface area contributed by atoms with Crippen molar-refractivity contribution in [2.75, 3.05) is 37.7 Å². The van der Waals surface area contributed by atoms with E-state index in [4.69, 9.17) is 16.3 Å². The average molecular weight is 480 g/mol. The highest BCUT2D eigenvalue weighted by Crippen LogP contribution is 2.32. The van der Waals surface area contributed by atoms with Crippen molar-refractivity contribution in [2.24, 2.45) is 0 Å². The minimum Gasteiger partial charge on any atom is -0.462 e. The van der Waals surface area contributed by atoms with Gasteiger partial charge in [0.2, 0.25) is 0 Å². The Kier molecular flexibility index (Phi) is 7.03. The molecule has 2 heterocycles. The zero-order valence-electron chi connectivity index (χ0n) is 19.1. The van der Waals surface area contributed by atoms with Crippen LogP contribution in [0.4, 0.5) is 5.69 Å². The van der Waals surface area contributed by atoms with Crippen LogP contribution in [-0.2, 0) is 9.53 Å². The average Bonchev–Trinajstić information content (AvgIpc) is 3.21. The molecule has 1 fully saturated rings. The molecule has 0 bridgehead atoms. The van der Waals surface area contributed by atoms with E-state index in [0.29, 0.717) is 48.0 Å². The number of benzene rings is 2. The van der Waals surface area contributed by atoms with Gasteiger partial charge in [-0.15, -0.1) is 0 Å². The van der Waals surface area contributed by atoms with Crippen LogP contribution in [0, 0.1) is 6.92 Å². The van der Waals surface area contributed by atoms with Gasteiger partial charge < -0.3 is 19.5 Å². The molecule has 0 saturated carbocycles. The minimum absolute atomic E-state index is 0.106. The molecule has 1 saturated heterocycles. The Morgan fingerprint density at radius 1 is 1.00 bits per heavy atom. The van der Waals surface area contributed by atoms with Crippen LogP contribution in [0.3, 0.4) is 0 Å². The van der Waals surface area contributed by atoms with E-state index in [-0.39, 0.29) is 17.9 Å². The molecular weight excluding hydrogens is 454 g/mol. The zero-order chi connectivity index (χ0) is 24.2. The lowest BCUT2D eigenvalue weighted by Crippen LogP contribution is -2.50. The van der Waals surface area contributed by atoms with Gasteiger partial charge in [-0.1, -0.05) is 48.0 Å². The van der Waals surface area contributed by atoms with Crippen LogP contribution in [0.1, 0.15) is 33.5 Å². The first-order valence-corrected chi connectivity index (χ1v) is 11.6. The summed E-state index contributed by atoms with van der Waals surface area (Å²) in [6.07, 6.45) is 0. The van der Waals surface area contributed by atoms with Gasteiger partial charge in [-0.25, -0.2) is 4.79 Å². The first-order valence-electron chi connectivity index (χ1n) is 11.2. The maximum Gasteiger partial charge on any atom is 0.340 e. The smallest absolute Gasteiger partial charge is 0.340 e. The van der Waals surface area contributed by atoms with Crippen LogP contribution >= 0.6 is 11.6 Å². The van der Waals surface area contributed by atoms with E-state index in [1.54, 1.807) is 30.9 Å². The number of hydrogen-bond donors (Lipinski definition) is 1. The van der Waals surface area contributed by atoms with E-state index in [1.807, 2.05) is 42.5 Å². The zero-order valence-corrected chi connectivity index (χ0v) is 19.9. The van der Waals surface area contributed by atoms with Crippen LogP contribution in [0.5, 0.6) is 0 Å². The second kappa shape index (κ2) is 10.1. The van der Waals surface area contributed by atoms with E-state index in [1.165, 1.54) is 0 Å². The number of hydrogen-bond acceptors (Lipinski definition) is 5. The molecule has 0 unspecified atom stereocenters. The fraction of sp³-hybridized carbons (Fsp3) is 0.269. The Morgan fingerprint density at radius 2 is 1.71 bits per heavy atom. The number of ether oxygens (including phenoxy) is 1. The molecular formula is C26H26ClN3O4. The maximum absolute atomic E-state index is 13.4. The van der Waals surface area contributed by atoms with E-state index >= 15 is 0 Å². The SMILES string of the molecule is CCOC(=O)c1c(C)[nH]c(C(=O)C(=O)N2CCN(c3cccc(Cl)c3)CC2)c1-c1ccccc1. The van der Waals surface area contributed by atoms with Crippen molar-refractivity contribution in [2.45, 2.75) is 13.8 Å². The van der Waals surface area contributed by atoms with Gasteiger partial charge in [0.25, 0.3) is 11.7 Å². The van der Waals surface area contributed by atoms with Gasteiger partial charge in [0.1, 0.15) is 5.69 Å². The highest BCUT2D eigenvalue weighted by molar-refractivity contribution is 6.43.